The first kappa shape index (κ1) is 19.0. The van der Waals surface area contributed by atoms with Crippen LogP contribution in [-0.4, -0.2) is 22.2 Å². The van der Waals surface area contributed by atoms with Crippen molar-refractivity contribution in [2.75, 3.05) is 4.90 Å². The number of hydrogen-bond donors (Lipinski definition) is 1. The first-order valence-electron chi connectivity index (χ1n) is 8.39. The predicted molar refractivity (Wildman–Crippen MR) is 111 cm³/mol. The second-order valence-corrected chi connectivity index (χ2v) is 7.51. The van der Waals surface area contributed by atoms with E-state index < -0.39 is 17.1 Å². The van der Waals surface area contributed by atoms with Gasteiger partial charge in [0.2, 0.25) is 0 Å². The van der Waals surface area contributed by atoms with Crippen LogP contribution in [0.2, 0.25) is 5.02 Å². The van der Waals surface area contributed by atoms with Crippen molar-refractivity contribution in [3.8, 4) is 11.3 Å². The molecular weight excluding hydrogens is 414 g/mol. The SMILES string of the molecule is O=C(O)c1cccc(-c2ccc(C=C3SC(=O)N(c4cccc(Cl)c4)C3=O)o2)c1. The standard InChI is InChI=1S/C21H12ClNO5S/c22-14-5-2-6-15(10-14)23-19(24)18(29-21(23)27)11-16-7-8-17(28-16)12-3-1-4-13(9-12)20(25)26/h1-11H,(H,25,26). The number of rotatable bonds is 4. The van der Waals surface area contributed by atoms with Crippen molar-refractivity contribution in [3.63, 3.8) is 0 Å². The summed E-state index contributed by atoms with van der Waals surface area (Å²) >= 11 is 6.76. The van der Waals surface area contributed by atoms with E-state index in [1.165, 1.54) is 18.2 Å². The van der Waals surface area contributed by atoms with Crippen LogP contribution in [0.25, 0.3) is 17.4 Å². The molecule has 0 atom stereocenters. The molecule has 29 heavy (non-hydrogen) atoms. The van der Waals surface area contributed by atoms with Crippen LogP contribution in [0.5, 0.6) is 0 Å². The normalized spacial score (nSPS) is 15.3. The van der Waals surface area contributed by atoms with Crippen LogP contribution < -0.4 is 4.90 Å². The molecule has 2 amide bonds. The summed E-state index contributed by atoms with van der Waals surface area (Å²) in [5.41, 5.74) is 1.13. The van der Waals surface area contributed by atoms with Crippen LogP contribution >= 0.6 is 23.4 Å². The Balaban J connectivity index is 1.61. The summed E-state index contributed by atoms with van der Waals surface area (Å²) in [6.45, 7) is 0. The van der Waals surface area contributed by atoms with Gasteiger partial charge in [-0.05, 0) is 54.2 Å². The zero-order chi connectivity index (χ0) is 20.5. The summed E-state index contributed by atoms with van der Waals surface area (Å²) in [5.74, 6) is -0.674. The molecule has 0 spiro atoms. The molecule has 8 heteroatoms. The lowest BCUT2D eigenvalue weighted by molar-refractivity contribution is -0.113. The Labute approximate surface area is 174 Å². The topological polar surface area (TPSA) is 87.8 Å². The van der Waals surface area contributed by atoms with Gasteiger partial charge >= 0.3 is 5.97 Å². The number of carboxylic acids is 1. The third kappa shape index (κ3) is 3.83. The fraction of sp³-hybridized carbons (Fsp3) is 0. The van der Waals surface area contributed by atoms with Crippen molar-refractivity contribution in [2.45, 2.75) is 0 Å². The Bertz CT molecular complexity index is 1180. The number of carboxylic acid groups (broad SMARTS) is 1. The van der Waals surface area contributed by atoms with E-state index in [0.29, 0.717) is 27.8 Å². The van der Waals surface area contributed by atoms with E-state index in [-0.39, 0.29) is 10.5 Å². The maximum absolute atomic E-state index is 12.7. The lowest BCUT2D eigenvalue weighted by Crippen LogP contribution is -2.27. The predicted octanol–water partition coefficient (Wildman–Crippen LogP) is 5.54. The number of amides is 2. The van der Waals surface area contributed by atoms with Gasteiger partial charge in [-0.3, -0.25) is 9.59 Å². The molecule has 1 saturated heterocycles. The average Bonchev–Trinajstić information content (AvgIpc) is 3.26. The minimum absolute atomic E-state index is 0.142. The van der Waals surface area contributed by atoms with Crippen LogP contribution in [0.15, 0.2) is 70.0 Å². The summed E-state index contributed by atoms with van der Waals surface area (Å²) in [5, 5.41) is 9.11. The van der Waals surface area contributed by atoms with Gasteiger partial charge in [-0.15, -0.1) is 0 Å². The maximum Gasteiger partial charge on any atom is 0.335 e. The van der Waals surface area contributed by atoms with Gasteiger partial charge in [0.15, 0.2) is 0 Å². The van der Waals surface area contributed by atoms with Crippen molar-refractivity contribution >= 4 is 52.2 Å². The molecule has 1 aromatic heterocycles. The molecule has 0 unspecified atom stereocenters. The average molecular weight is 426 g/mol. The number of thioether (sulfide) groups is 1. The van der Waals surface area contributed by atoms with Gasteiger partial charge in [-0.25, -0.2) is 9.69 Å². The summed E-state index contributed by atoms with van der Waals surface area (Å²) < 4.78 is 5.72. The zero-order valence-electron chi connectivity index (χ0n) is 14.7. The highest BCUT2D eigenvalue weighted by molar-refractivity contribution is 8.19. The quantitative estimate of drug-likeness (QED) is 0.552. The molecule has 0 bridgehead atoms. The first-order valence-corrected chi connectivity index (χ1v) is 9.59. The molecule has 3 aromatic rings. The highest BCUT2D eigenvalue weighted by Crippen LogP contribution is 2.37. The Hall–Kier alpha value is -3.29. The second kappa shape index (κ2) is 7.62. The van der Waals surface area contributed by atoms with Gasteiger partial charge in [-0.1, -0.05) is 29.8 Å². The lowest BCUT2D eigenvalue weighted by Gasteiger charge is -2.12. The zero-order valence-corrected chi connectivity index (χ0v) is 16.2. The van der Waals surface area contributed by atoms with Crippen LogP contribution in [0, 0.1) is 0 Å². The number of hydrogen-bond acceptors (Lipinski definition) is 5. The van der Waals surface area contributed by atoms with Crippen molar-refractivity contribution in [3.05, 3.63) is 81.9 Å². The molecule has 2 aromatic carbocycles. The number of furan rings is 1. The molecule has 4 rings (SSSR count). The highest BCUT2D eigenvalue weighted by atomic mass is 35.5. The van der Waals surface area contributed by atoms with E-state index >= 15 is 0 Å². The van der Waals surface area contributed by atoms with Crippen LogP contribution in [0.1, 0.15) is 16.1 Å². The summed E-state index contributed by atoms with van der Waals surface area (Å²) in [6, 6.07) is 16.1. The number of anilines is 1. The van der Waals surface area contributed by atoms with E-state index in [2.05, 4.69) is 0 Å². The maximum atomic E-state index is 12.7. The van der Waals surface area contributed by atoms with Crippen molar-refractivity contribution < 1.29 is 23.9 Å². The molecule has 144 valence electrons. The Morgan fingerprint density at radius 1 is 1.07 bits per heavy atom. The highest BCUT2D eigenvalue weighted by Gasteiger charge is 2.36. The summed E-state index contributed by atoms with van der Waals surface area (Å²) in [4.78, 5) is 37.4. The van der Waals surface area contributed by atoms with Crippen molar-refractivity contribution in [2.24, 2.45) is 0 Å². The number of aromatic carboxylic acids is 1. The molecule has 0 radical (unpaired) electrons. The molecular formula is C21H12ClNO5S. The second-order valence-electron chi connectivity index (χ2n) is 6.08. The molecule has 1 aliphatic heterocycles. The minimum Gasteiger partial charge on any atom is -0.478 e. The van der Waals surface area contributed by atoms with Gasteiger partial charge in [0.1, 0.15) is 11.5 Å². The fourth-order valence-corrected chi connectivity index (χ4v) is 3.83. The van der Waals surface area contributed by atoms with E-state index in [1.807, 2.05) is 0 Å². The number of nitrogens with zero attached hydrogens (tertiary/aromatic N) is 1. The van der Waals surface area contributed by atoms with Gasteiger partial charge < -0.3 is 9.52 Å². The van der Waals surface area contributed by atoms with E-state index in [4.69, 9.17) is 21.1 Å². The number of carbonyl (C=O) groups excluding carboxylic acids is 2. The third-order valence-electron chi connectivity index (χ3n) is 4.15. The van der Waals surface area contributed by atoms with Crippen molar-refractivity contribution in [1.82, 2.24) is 0 Å². The minimum atomic E-state index is -1.03. The number of imide groups is 1. The van der Waals surface area contributed by atoms with Crippen LogP contribution in [0.3, 0.4) is 0 Å². The largest absolute Gasteiger partial charge is 0.478 e. The van der Waals surface area contributed by atoms with Crippen LogP contribution in [-0.2, 0) is 4.79 Å². The molecule has 1 aliphatic rings. The Morgan fingerprint density at radius 3 is 2.62 bits per heavy atom. The first-order chi connectivity index (χ1) is 13.9. The summed E-state index contributed by atoms with van der Waals surface area (Å²) in [7, 11) is 0. The molecule has 1 fully saturated rings. The molecule has 6 nitrogen and oxygen atoms in total. The van der Waals surface area contributed by atoms with Gasteiger partial charge in [0, 0.05) is 16.7 Å². The summed E-state index contributed by atoms with van der Waals surface area (Å²) in [6.07, 6.45) is 1.49. The van der Waals surface area contributed by atoms with E-state index in [9.17, 15) is 14.4 Å². The number of benzene rings is 2. The van der Waals surface area contributed by atoms with Gasteiger partial charge in [0.25, 0.3) is 11.1 Å². The van der Waals surface area contributed by atoms with E-state index in [1.54, 1.807) is 48.5 Å². The Kier molecular flexibility index (Phi) is 5.00. The third-order valence-corrected chi connectivity index (χ3v) is 5.26. The van der Waals surface area contributed by atoms with Crippen LogP contribution in [0.4, 0.5) is 10.5 Å². The number of halogens is 1. The Morgan fingerprint density at radius 2 is 1.86 bits per heavy atom. The monoisotopic (exact) mass is 425 g/mol. The van der Waals surface area contributed by atoms with Gasteiger partial charge in [0.05, 0.1) is 16.2 Å². The van der Waals surface area contributed by atoms with Gasteiger partial charge in [-0.2, -0.15) is 0 Å². The fourth-order valence-electron chi connectivity index (χ4n) is 2.83. The molecule has 0 saturated carbocycles. The number of carbonyl (C=O) groups is 3. The molecule has 1 N–H and O–H groups in total. The van der Waals surface area contributed by atoms with E-state index in [0.717, 1.165) is 16.7 Å². The molecule has 0 aliphatic carbocycles. The molecule has 2 heterocycles. The van der Waals surface area contributed by atoms with Crippen molar-refractivity contribution in [1.29, 1.82) is 0 Å². The lowest BCUT2D eigenvalue weighted by atomic mass is 10.1. The smallest absolute Gasteiger partial charge is 0.335 e.